The van der Waals surface area contributed by atoms with Gasteiger partial charge in [-0.3, -0.25) is 0 Å². The fourth-order valence-corrected chi connectivity index (χ4v) is 9.23. The predicted molar refractivity (Wildman–Crippen MR) is 233 cm³/mol. The molecule has 0 amide bonds. The zero-order valence-corrected chi connectivity index (χ0v) is 30.1. The van der Waals surface area contributed by atoms with Crippen molar-refractivity contribution < 1.29 is 0 Å². The molecule has 0 unspecified atom stereocenters. The molecule has 9 aromatic carbocycles. The molecule has 0 nitrogen and oxygen atoms in total. The van der Waals surface area contributed by atoms with Crippen molar-refractivity contribution >= 4 is 60.8 Å². The van der Waals surface area contributed by atoms with Crippen molar-refractivity contribution in [3.63, 3.8) is 0 Å². The van der Waals surface area contributed by atoms with E-state index in [1.807, 2.05) is 0 Å². The van der Waals surface area contributed by atoms with Crippen molar-refractivity contribution in [2.24, 2.45) is 0 Å². The van der Waals surface area contributed by atoms with E-state index >= 15 is 0 Å². The van der Waals surface area contributed by atoms with Crippen molar-refractivity contribution in [2.45, 2.75) is 25.7 Å². The van der Waals surface area contributed by atoms with E-state index in [4.69, 9.17) is 0 Å². The standard InChI is InChI=1S/C54H38/c1-5-13-39-29-43(21-17-35(39)9-1)45-25-27-49-51(33-45)53(47-23-19-37-11-3-7-15-41(37)31-47)50-28-26-46(44-22-18-36-10-2-6-14-40(36)30-44)34-52(50)54(49)48-24-20-38-12-4-8-16-42(38)32-48/h1-5,7-13,15-24,26,28-34H,6,14,25,27H2. The third-order valence-electron chi connectivity index (χ3n) is 12.0. The summed E-state index contributed by atoms with van der Waals surface area (Å²) in [4.78, 5) is 0. The molecule has 0 spiro atoms. The van der Waals surface area contributed by atoms with Gasteiger partial charge in [0, 0.05) is 0 Å². The van der Waals surface area contributed by atoms with Crippen LogP contribution in [0.4, 0.5) is 0 Å². The van der Waals surface area contributed by atoms with Gasteiger partial charge >= 0.3 is 0 Å². The van der Waals surface area contributed by atoms with E-state index in [-0.39, 0.29) is 0 Å². The molecule has 2 aliphatic rings. The quantitative estimate of drug-likeness (QED) is 0.173. The fourth-order valence-electron chi connectivity index (χ4n) is 9.23. The lowest BCUT2D eigenvalue weighted by molar-refractivity contribution is 0.986. The van der Waals surface area contributed by atoms with E-state index < -0.39 is 0 Å². The third-order valence-corrected chi connectivity index (χ3v) is 12.0. The fraction of sp³-hybridized carbons (Fsp3) is 0.0741. The summed E-state index contributed by atoms with van der Waals surface area (Å²) in [6.45, 7) is 0. The highest BCUT2D eigenvalue weighted by atomic mass is 14.3. The van der Waals surface area contributed by atoms with Gasteiger partial charge in [-0.1, -0.05) is 158 Å². The number of hydrogen-bond donors (Lipinski definition) is 0. The summed E-state index contributed by atoms with van der Waals surface area (Å²) in [5.74, 6) is 0. The lowest BCUT2D eigenvalue weighted by atomic mass is 9.77. The molecule has 0 saturated carbocycles. The van der Waals surface area contributed by atoms with Gasteiger partial charge in [-0.25, -0.2) is 0 Å². The van der Waals surface area contributed by atoms with Gasteiger partial charge in [-0.15, -0.1) is 0 Å². The van der Waals surface area contributed by atoms with Crippen molar-refractivity contribution in [1.82, 2.24) is 0 Å². The number of allylic oxidation sites excluding steroid dienone is 2. The molecule has 11 rings (SSSR count). The van der Waals surface area contributed by atoms with Crippen LogP contribution in [-0.4, -0.2) is 0 Å². The lowest BCUT2D eigenvalue weighted by Gasteiger charge is -2.27. The van der Waals surface area contributed by atoms with Gasteiger partial charge in [-0.05, 0) is 160 Å². The van der Waals surface area contributed by atoms with Crippen LogP contribution in [0.2, 0.25) is 0 Å². The Bertz CT molecular complexity index is 3040. The molecule has 0 bridgehead atoms. The van der Waals surface area contributed by atoms with Crippen LogP contribution in [-0.2, 0) is 12.8 Å². The second kappa shape index (κ2) is 12.6. The Hall–Kier alpha value is -6.50. The first-order chi connectivity index (χ1) is 26.7. The largest absolute Gasteiger partial charge is 0.0836 e. The zero-order valence-electron chi connectivity index (χ0n) is 30.1. The minimum absolute atomic E-state index is 0.974. The van der Waals surface area contributed by atoms with Gasteiger partial charge in [0.1, 0.15) is 0 Å². The van der Waals surface area contributed by atoms with Crippen molar-refractivity contribution in [3.8, 4) is 33.4 Å². The summed E-state index contributed by atoms with van der Waals surface area (Å²) in [6.07, 6.45) is 11.3. The van der Waals surface area contributed by atoms with Gasteiger partial charge in [0.15, 0.2) is 0 Å². The van der Waals surface area contributed by atoms with E-state index in [0.717, 1.165) is 25.7 Å². The van der Waals surface area contributed by atoms with Crippen LogP contribution in [0.3, 0.4) is 0 Å². The number of benzene rings is 9. The number of hydrogen-bond acceptors (Lipinski definition) is 0. The molecule has 0 heteroatoms. The Kier molecular flexibility index (Phi) is 7.23. The maximum atomic E-state index is 2.53. The molecule has 0 radical (unpaired) electrons. The molecule has 0 fully saturated rings. The van der Waals surface area contributed by atoms with Crippen molar-refractivity contribution in [3.05, 3.63) is 198 Å². The summed E-state index contributed by atoms with van der Waals surface area (Å²) >= 11 is 0. The number of rotatable bonds is 4. The Morgan fingerprint density at radius 1 is 0.370 bits per heavy atom. The molecule has 254 valence electrons. The molecule has 54 heavy (non-hydrogen) atoms. The first-order valence-electron chi connectivity index (χ1n) is 19.3. The van der Waals surface area contributed by atoms with Crippen molar-refractivity contribution in [1.29, 1.82) is 0 Å². The average Bonchev–Trinajstić information content (AvgIpc) is 3.24. The molecule has 2 aliphatic carbocycles. The highest BCUT2D eigenvalue weighted by Gasteiger charge is 2.25. The number of fused-ring (bicyclic) bond motifs is 6. The van der Waals surface area contributed by atoms with Gasteiger partial charge in [0.05, 0.1) is 0 Å². The monoisotopic (exact) mass is 686 g/mol. The third kappa shape index (κ3) is 5.21. The average molecular weight is 687 g/mol. The minimum atomic E-state index is 0.974. The maximum Gasteiger partial charge on any atom is -0.00293 e. The van der Waals surface area contributed by atoms with Crippen LogP contribution < -0.4 is 0 Å². The van der Waals surface area contributed by atoms with Gasteiger partial charge in [-0.2, -0.15) is 0 Å². The van der Waals surface area contributed by atoms with E-state index in [0.29, 0.717) is 0 Å². The number of aryl methyl sites for hydroxylation is 1. The molecule has 0 aromatic heterocycles. The molecule has 0 aliphatic heterocycles. The molecule has 0 saturated heterocycles. The highest BCUT2D eigenvalue weighted by molar-refractivity contribution is 6.14. The topological polar surface area (TPSA) is 0 Å². The van der Waals surface area contributed by atoms with E-state index in [1.165, 1.54) is 110 Å². The first kappa shape index (κ1) is 31.1. The van der Waals surface area contributed by atoms with E-state index in [1.54, 1.807) is 0 Å². The summed E-state index contributed by atoms with van der Waals surface area (Å²) < 4.78 is 0. The molecular weight excluding hydrogens is 649 g/mol. The van der Waals surface area contributed by atoms with E-state index in [2.05, 4.69) is 182 Å². The van der Waals surface area contributed by atoms with E-state index in [9.17, 15) is 0 Å². The Balaban J connectivity index is 1.22. The maximum absolute atomic E-state index is 2.53. The Morgan fingerprint density at radius 2 is 0.926 bits per heavy atom. The molecule has 0 atom stereocenters. The van der Waals surface area contributed by atoms with Crippen LogP contribution in [0.1, 0.15) is 40.7 Å². The smallest absolute Gasteiger partial charge is 0.00293 e. The van der Waals surface area contributed by atoms with Crippen LogP contribution in [0, 0.1) is 0 Å². The summed E-state index contributed by atoms with van der Waals surface area (Å²) in [5, 5.41) is 10.3. The SMILES string of the molecule is C1=Cc2ccc(-c3ccc4c(-c5ccc6ccccc6c5)c5c(c(-c6ccc7ccccc7c6)c4c3)CCC(c3ccc4ccccc4c3)=C5)cc2CC1. The lowest BCUT2D eigenvalue weighted by Crippen LogP contribution is -2.05. The van der Waals surface area contributed by atoms with Gasteiger partial charge < -0.3 is 0 Å². The normalized spacial score (nSPS) is 13.7. The Morgan fingerprint density at radius 3 is 1.61 bits per heavy atom. The minimum Gasteiger partial charge on any atom is -0.0836 e. The summed E-state index contributed by atoms with van der Waals surface area (Å²) in [6, 6.07) is 61.7. The van der Waals surface area contributed by atoms with Crippen LogP contribution in [0.15, 0.2) is 170 Å². The predicted octanol–water partition coefficient (Wildman–Crippen LogP) is 14.7. The summed E-state index contributed by atoms with van der Waals surface area (Å²) in [7, 11) is 0. The van der Waals surface area contributed by atoms with Gasteiger partial charge in [0.2, 0.25) is 0 Å². The first-order valence-corrected chi connectivity index (χ1v) is 19.3. The van der Waals surface area contributed by atoms with Crippen molar-refractivity contribution in [2.75, 3.05) is 0 Å². The second-order valence-electron chi connectivity index (χ2n) is 15.1. The van der Waals surface area contributed by atoms with Crippen LogP contribution >= 0.6 is 0 Å². The van der Waals surface area contributed by atoms with Gasteiger partial charge in [0.25, 0.3) is 0 Å². The molecule has 0 N–H and O–H groups in total. The Labute approximate surface area is 316 Å². The second-order valence-corrected chi connectivity index (χ2v) is 15.1. The van der Waals surface area contributed by atoms with Crippen LogP contribution in [0.5, 0.6) is 0 Å². The molecular formula is C54H38. The zero-order chi connectivity index (χ0) is 35.6. The highest BCUT2D eigenvalue weighted by Crippen LogP contribution is 2.48. The molecule has 0 heterocycles. The van der Waals surface area contributed by atoms with Crippen LogP contribution in [0.25, 0.3) is 94.2 Å². The summed E-state index contributed by atoms with van der Waals surface area (Å²) in [5.41, 5.74) is 16.1. The molecule has 9 aromatic rings.